The summed E-state index contributed by atoms with van der Waals surface area (Å²) in [4.78, 5) is 0. The van der Waals surface area contributed by atoms with Gasteiger partial charge in [-0.3, -0.25) is 0 Å². The minimum atomic E-state index is -2.93. The Kier molecular flexibility index (Phi) is 3.33. The highest BCUT2D eigenvalue weighted by Crippen LogP contribution is 2.28. The number of hydrogen-bond donors (Lipinski definition) is 1. The molecule has 1 saturated heterocycles. The third kappa shape index (κ3) is 2.66. The number of nitrogens with one attached hydrogen (secondary N) is 1. The average Bonchev–Trinajstić information content (AvgIpc) is 2.67. The van der Waals surface area contributed by atoms with Gasteiger partial charge >= 0.3 is 6.61 Å². The fourth-order valence-electron chi connectivity index (χ4n) is 1.78. The van der Waals surface area contributed by atoms with Gasteiger partial charge < -0.3 is 10.1 Å². The van der Waals surface area contributed by atoms with Crippen LogP contribution in [0.15, 0.2) is 18.2 Å². The molecule has 1 aromatic rings. The van der Waals surface area contributed by atoms with E-state index in [0.717, 1.165) is 18.9 Å². The summed E-state index contributed by atoms with van der Waals surface area (Å²) in [7, 11) is 0. The second-order valence-electron chi connectivity index (χ2n) is 3.60. The second-order valence-corrected chi connectivity index (χ2v) is 3.60. The fourth-order valence-corrected chi connectivity index (χ4v) is 1.78. The van der Waals surface area contributed by atoms with Crippen molar-refractivity contribution in [3.63, 3.8) is 0 Å². The van der Waals surface area contributed by atoms with Crippen molar-refractivity contribution in [3.8, 4) is 5.75 Å². The van der Waals surface area contributed by atoms with Crippen molar-refractivity contribution < 1.29 is 17.9 Å². The monoisotopic (exact) mass is 230 g/mol. The van der Waals surface area contributed by atoms with Crippen molar-refractivity contribution in [2.24, 2.45) is 0 Å². The number of halogens is 3. The van der Waals surface area contributed by atoms with Crippen LogP contribution >= 0.6 is 0 Å². The number of alkyl halides is 2. The Bertz CT molecular complexity index is 364. The molecule has 0 saturated carbocycles. The molecule has 16 heavy (non-hydrogen) atoms. The number of ether oxygens (including phenoxy) is 1. The zero-order chi connectivity index (χ0) is 11.5. The molecule has 2 rings (SSSR count). The van der Waals surface area contributed by atoms with Crippen molar-refractivity contribution >= 4 is 0 Å². The van der Waals surface area contributed by atoms with Gasteiger partial charge in [-0.1, -0.05) is 0 Å². The van der Waals surface area contributed by atoms with Crippen LogP contribution in [0.2, 0.25) is 0 Å². The lowest BCUT2D eigenvalue weighted by Gasteiger charge is -2.12. The van der Waals surface area contributed by atoms with Gasteiger partial charge in [0.2, 0.25) is 0 Å². The first-order chi connectivity index (χ1) is 7.65. The van der Waals surface area contributed by atoms with Crippen molar-refractivity contribution in [1.82, 2.24) is 5.32 Å². The van der Waals surface area contributed by atoms with Gasteiger partial charge in [-0.25, -0.2) is 4.39 Å². The molecular weight excluding hydrogens is 219 g/mol. The summed E-state index contributed by atoms with van der Waals surface area (Å²) in [5.41, 5.74) is 0.629. The quantitative estimate of drug-likeness (QED) is 0.861. The zero-order valence-corrected chi connectivity index (χ0v) is 8.42. The van der Waals surface area contributed by atoms with E-state index in [1.54, 1.807) is 0 Å². The maximum atomic E-state index is 13.2. The lowest BCUT2D eigenvalue weighted by molar-refractivity contribution is -0.0500. The maximum Gasteiger partial charge on any atom is 0.387 e. The Morgan fingerprint density at radius 1 is 1.31 bits per heavy atom. The van der Waals surface area contributed by atoms with Crippen LogP contribution in [0.5, 0.6) is 5.75 Å². The van der Waals surface area contributed by atoms with E-state index in [-0.39, 0.29) is 11.8 Å². The van der Waals surface area contributed by atoms with Crippen molar-refractivity contribution in [2.75, 3.05) is 0 Å². The van der Waals surface area contributed by atoms with Gasteiger partial charge in [0.25, 0.3) is 0 Å². The van der Waals surface area contributed by atoms with Crippen molar-refractivity contribution in [2.45, 2.75) is 25.5 Å². The lowest BCUT2D eigenvalue weighted by Crippen LogP contribution is -2.11. The molecular formula is C11H11F3NO. The molecule has 0 unspecified atom stereocenters. The van der Waals surface area contributed by atoms with Gasteiger partial charge in [0.05, 0.1) is 0 Å². The van der Waals surface area contributed by atoms with Gasteiger partial charge in [0.15, 0.2) is 0 Å². The summed E-state index contributed by atoms with van der Waals surface area (Å²) in [6, 6.07) is 3.70. The van der Waals surface area contributed by atoms with Crippen LogP contribution in [-0.2, 0) is 0 Å². The summed E-state index contributed by atoms with van der Waals surface area (Å²) in [6.07, 6.45) is 1.71. The van der Waals surface area contributed by atoms with Crippen LogP contribution in [0.3, 0.4) is 0 Å². The molecule has 87 valence electrons. The summed E-state index contributed by atoms with van der Waals surface area (Å²) in [5, 5.41) is 3.05. The minimum Gasteiger partial charge on any atom is -0.435 e. The summed E-state index contributed by atoms with van der Waals surface area (Å²) < 4.78 is 41.3. The van der Waals surface area contributed by atoms with E-state index in [2.05, 4.69) is 10.1 Å². The van der Waals surface area contributed by atoms with Crippen LogP contribution in [-0.4, -0.2) is 6.61 Å². The third-order valence-corrected chi connectivity index (χ3v) is 2.44. The minimum absolute atomic E-state index is 0.0178. The molecule has 1 atom stereocenters. The largest absolute Gasteiger partial charge is 0.435 e. The van der Waals surface area contributed by atoms with Crippen LogP contribution < -0.4 is 10.1 Å². The average molecular weight is 230 g/mol. The van der Waals surface area contributed by atoms with Gasteiger partial charge in [-0.05, 0) is 30.5 Å². The number of rotatable bonds is 3. The molecule has 1 aromatic carbocycles. The molecule has 0 spiro atoms. The van der Waals surface area contributed by atoms with Gasteiger partial charge in [0, 0.05) is 18.7 Å². The molecule has 1 radical (unpaired) electrons. The molecule has 1 heterocycles. The normalized spacial score (nSPS) is 20.4. The van der Waals surface area contributed by atoms with E-state index in [9.17, 15) is 13.2 Å². The predicted molar refractivity (Wildman–Crippen MR) is 52.4 cm³/mol. The van der Waals surface area contributed by atoms with Gasteiger partial charge in [-0.15, -0.1) is 0 Å². The van der Waals surface area contributed by atoms with E-state index in [1.807, 2.05) is 6.54 Å². The molecule has 1 N–H and O–H groups in total. The van der Waals surface area contributed by atoms with Gasteiger partial charge in [-0.2, -0.15) is 8.78 Å². The SMILES string of the molecule is Fc1cc(OC(F)F)cc([C@H]2CC[CH]N2)c1. The first-order valence-electron chi connectivity index (χ1n) is 4.98. The molecule has 1 aliphatic heterocycles. The van der Waals surface area contributed by atoms with E-state index in [0.29, 0.717) is 5.56 Å². The van der Waals surface area contributed by atoms with E-state index < -0.39 is 12.4 Å². The molecule has 5 heteroatoms. The van der Waals surface area contributed by atoms with Crippen LogP contribution in [0.4, 0.5) is 13.2 Å². The van der Waals surface area contributed by atoms with Crippen LogP contribution in [0.25, 0.3) is 0 Å². The molecule has 2 nitrogen and oxygen atoms in total. The van der Waals surface area contributed by atoms with Crippen LogP contribution in [0, 0.1) is 12.4 Å². The molecule has 1 fully saturated rings. The van der Waals surface area contributed by atoms with Crippen LogP contribution in [0.1, 0.15) is 24.4 Å². The third-order valence-electron chi connectivity index (χ3n) is 2.44. The Morgan fingerprint density at radius 2 is 2.12 bits per heavy atom. The van der Waals surface area contributed by atoms with Crippen molar-refractivity contribution in [3.05, 3.63) is 36.1 Å². The molecule has 0 aromatic heterocycles. The smallest absolute Gasteiger partial charge is 0.387 e. The highest BCUT2D eigenvalue weighted by atomic mass is 19.3. The Hall–Kier alpha value is -1.23. The van der Waals surface area contributed by atoms with Crippen molar-refractivity contribution in [1.29, 1.82) is 0 Å². The Labute approximate surface area is 91.4 Å². The molecule has 0 amide bonds. The number of hydrogen-bond acceptors (Lipinski definition) is 2. The highest BCUT2D eigenvalue weighted by molar-refractivity contribution is 5.32. The summed E-state index contributed by atoms with van der Waals surface area (Å²) in [5.74, 6) is -0.708. The Balaban J connectivity index is 2.20. The molecule has 1 aliphatic rings. The maximum absolute atomic E-state index is 13.2. The number of benzene rings is 1. The highest BCUT2D eigenvalue weighted by Gasteiger charge is 2.18. The Morgan fingerprint density at radius 3 is 2.75 bits per heavy atom. The standard InChI is InChI=1S/C11H11F3NO/c12-8-4-7(10-2-1-3-15-10)5-9(6-8)16-11(13)14/h3-6,10-11,15H,1-2H2/t10-/m1/s1. The zero-order valence-electron chi connectivity index (χ0n) is 8.42. The first kappa shape index (κ1) is 11.3. The molecule has 0 bridgehead atoms. The fraction of sp³-hybridized carbons (Fsp3) is 0.364. The first-order valence-corrected chi connectivity index (χ1v) is 4.98. The second kappa shape index (κ2) is 4.74. The van der Waals surface area contributed by atoms with E-state index >= 15 is 0 Å². The topological polar surface area (TPSA) is 21.3 Å². The lowest BCUT2D eigenvalue weighted by atomic mass is 10.1. The summed E-state index contributed by atoms with van der Waals surface area (Å²) >= 11 is 0. The van der Waals surface area contributed by atoms with E-state index in [1.165, 1.54) is 12.1 Å². The summed E-state index contributed by atoms with van der Waals surface area (Å²) in [6.45, 7) is -1.05. The molecule has 0 aliphatic carbocycles. The predicted octanol–water partition coefficient (Wildman–Crippen LogP) is 3.01. The van der Waals surface area contributed by atoms with E-state index in [4.69, 9.17) is 0 Å². The van der Waals surface area contributed by atoms with Gasteiger partial charge in [0.1, 0.15) is 11.6 Å².